The lowest BCUT2D eigenvalue weighted by Crippen LogP contribution is -2.37. The van der Waals surface area contributed by atoms with Gasteiger partial charge in [0.2, 0.25) is 0 Å². The third kappa shape index (κ3) is 3.50. The molecule has 0 aliphatic carbocycles. The number of nitrogens with zero attached hydrogens (tertiary/aromatic N) is 5. The number of aromatic nitrogens is 3. The maximum atomic E-state index is 12.5. The zero-order chi connectivity index (χ0) is 16.1. The maximum absolute atomic E-state index is 12.5. The van der Waals surface area contributed by atoms with Gasteiger partial charge in [-0.15, -0.1) is 0 Å². The number of pyridine rings is 1. The molecule has 0 aromatic carbocycles. The molecule has 1 aliphatic heterocycles. The molecule has 3 rings (SSSR count). The van der Waals surface area contributed by atoms with E-state index in [1.165, 1.54) is 18.6 Å². The van der Waals surface area contributed by atoms with Gasteiger partial charge < -0.3 is 9.80 Å². The molecule has 1 aliphatic rings. The summed E-state index contributed by atoms with van der Waals surface area (Å²) in [5.41, 5.74) is 0.954. The van der Waals surface area contributed by atoms with Crippen molar-refractivity contribution < 1.29 is 9.59 Å². The maximum Gasteiger partial charge on any atom is 0.274 e. The van der Waals surface area contributed by atoms with Crippen molar-refractivity contribution in [2.24, 2.45) is 0 Å². The van der Waals surface area contributed by atoms with Crippen LogP contribution in [-0.4, -0.2) is 62.7 Å². The summed E-state index contributed by atoms with van der Waals surface area (Å²) in [5.74, 6) is -0.169. The van der Waals surface area contributed by atoms with Crippen molar-refractivity contribution in [1.82, 2.24) is 24.8 Å². The van der Waals surface area contributed by atoms with Crippen LogP contribution in [-0.2, 0) is 0 Å². The Labute approximate surface area is 134 Å². The molecule has 2 amide bonds. The summed E-state index contributed by atoms with van der Waals surface area (Å²) >= 11 is 0. The van der Waals surface area contributed by atoms with E-state index in [4.69, 9.17) is 0 Å². The smallest absolute Gasteiger partial charge is 0.274 e. The Kier molecular flexibility index (Phi) is 4.56. The molecule has 0 radical (unpaired) electrons. The van der Waals surface area contributed by atoms with E-state index >= 15 is 0 Å². The van der Waals surface area contributed by atoms with Crippen molar-refractivity contribution in [3.05, 3.63) is 54.4 Å². The number of hydrogen-bond acceptors (Lipinski definition) is 5. The second kappa shape index (κ2) is 6.95. The van der Waals surface area contributed by atoms with Crippen LogP contribution in [0.5, 0.6) is 0 Å². The minimum Gasteiger partial charge on any atom is -0.337 e. The molecule has 0 N–H and O–H groups in total. The van der Waals surface area contributed by atoms with E-state index in [0.29, 0.717) is 37.4 Å². The number of hydrogen-bond donors (Lipinski definition) is 0. The Balaban J connectivity index is 1.66. The molecule has 3 heterocycles. The Hall–Kier alpha value is -2.83. The molecule has 0 bridgehead atoms. The first-order chi connectivity index (χ1) is 11.3. The van der Waals surface area contributed by atoms with Gasteiger partial charge in [0.15, 0.2) is 0 Å². The molecule has 0 saturated carbocycles. The normalized spacial score (nSPS) is 15.1. The van der Waals surface area contributed by atoms with Crippen molar-refractivity contribution in [2.45, 2.75) is 6.42 Å². The largest absolute Gasteiger partial charge is 0.337 e. The highest BCUT2D eigenvalue weighted by Gasteiger charge is 2.24. The minimum atomic E-state index is -0.142. The molecular formula is C16H17N5O2. The summed E-state index contributed by atoms with van der Waals surface area (Å²) in [5, 5.41) is 0. The van der Waals surface area contributed by atoms with E-state index in [1.807, 2.05) is 0 Å². The number of carbonyl (C=O) groups excluding carboxylic acids is 2. The summed E-state index contributed by atoms with van der Waals surface area (Å²) in [6.07, 6.45) is 8.46. The first kappa shape index (κ1) is 15.1. The molecule has 1 fully saturated rings. The first-order valence-corrected chi connectivity index (χ1v) is 7.50. The lowest BCUT2D eigenvalue weighted by molar-refractivity contribution is 0.0715. The lowest BCUT2D eigenvalue weighted by atomic mass is 10.2. The fourth-order valence-electron chi connectivity index (χ4n) is 2.57. The molecule has 0 atom stereocenters. The zero-order valence-electron chi connectivity index (χ0n) is 12.6. The predicted octanol–water partition coefficient (Wildman–Crippen LogP) is 0.860. The van der Waals surface area contributed by atoms with Crippen molar-refractivity contribution >= 4 is 11.8 Å². The Morgan fingerprint density at radius 3 is 2.17 bits per heavy atom. The van der Waals surface area contributed by atoms with E-state index in [0.717, 1.165) is 6.42 Å². The number of rotatable bonds is 2. The Morgan fingerprint density at radius 1 is 0.826 bits per heavy atom. The van der Waals surface area contributed by atoms with Gasteiger partial charge in [0.1, 0.15) is 5.69 Å². The first-order valence-electron chi connectivity index (χ1n) is 7.50. The van der Waals surface area contributed by atoms with E-state index < -0.39 is 0 Å². The summed E-state index contributed by atoms with van der Waals surface area (Å²) in [6, 6.07) is 3.41. The van der Waals surface area contributed by atoms with Gasteiger partial charge in [0.05, 0.1) is 6.20 Å². The van der Waals surface area contributed by atoms with Crippen LogP contribution in [0.15, 0.2) is 43.1 Å². The van der Waals surface area contributed by atoms with E-state index in [1.54, 1.807) is 34.3 Å². The lowest BCUT2D eigenvalue weighted by Gasteiger charge is -2.22. The number of carbonyl (C=O) groups is 2. The molecular weight excluding hydrogens is 294 g/mol. The van der Waals surface area contributed by atoms with Crippen LogP contribution in [0.3, 0.4) is 0 Å². The van der Waals surface area contributed by atoms with Gasteiger partial charge in [-0.1, -0.05) is 0 Å². The fraction of sp³-hybridized carbons (Fsp3) is 0.312. The third-order valence-corrected chi connectivity index (χ3v) is 3.78. The van der Waals surface area contributed by atoms with Crippen LogP contribution in [0.2, 0.25) is 0 Å². The van der Waals surface area contributed by atoms with E-state index in [2.05, 4.69) is 15.0 Å². The molecule has 7 nitrogen and oxygen atoms in total. The van der Waals surface area contributed by atoms with Crippen LogP contribution in [0, 0.1) is 0 Å². The number of amides is 2. The third-order valence-electron chi connectivity index (χ3n) is 3.78. The van der Waals surface area contributed by atoms with E-state index in [-0.39, 0.29) is 11.8 Å². The summed E-state index contributed by atoms with van der Waals surface area (Å²) in [6.45, 7) is 2.24. The molecule has 2 aromatic rings. The van der Waals surface area contributed by atoms with Gasteiger partial charge in [-0.3, -0.25) is 19.6 Å². The molecule has 23 heavy (non-hydrogen) atoms. The molecule has 118 valence electrons. The topological polar surface area (TPSA) is 79.3 Å². The van der Waals surface area contributed by atoms with Gasteiger partial charge in [-0.05, 0) is 18.6 Å². The average Bonchev–Trinajstić information content (AvgIpc) is 2.88. The van der Waals surface area contributed by atoms with Crippen molar-refractivity contribution in [1.29, 1.82) is 0 Å². The van der Waals surface area contributed by atoms with Crippen molar-refractivity contribution in [3.63, 3.8) is 0 Å². The zero-order valence-corrected chi connectivity index (χ0v) is 12.6. The Morgan fingerprint density at radius 2 is 1.52 bits per heavy atom. The predicted molar refractivity (Wildman–Crippen MR) is 82.7 cm³/mol. The molecule has 2 aromatic heterocycles. The summed E-state index contributed by atoms with van der Waals surface area (Å²) < 4.78 is 0. The minimum absolute atomic E-state index is 0.0267. The van der Waals surface area contributed by atoms with Crippen molar-refractivity contribution in [3.8, 4) is 0 Å². The van der Waals surface area contributed by atoms with Crippen LogP contribution in [0.4, 0.5) is 0 Å². The molecule has 1 saturated heterocycles. The van der Waals surface area contributed by atoms with Gasteiger partial charge in [0, 0.05) is 56.5 Å². The van der Waals surface area contributed by atoms with Crippen LogP contribution < -0.4 is 0 Å². The summed E-state index contributed by atoms with van der Waals surface area (Å²) in [4.78, 5) is 40.3. The molecule has 0 spiro atoms. The highest BCUT2D eigenvalue weighted by molar-refractivity contribution is 5.94. The summed E-state index contributed by atoms with van der Waals surface area (Å²) in [7, 11) is 0. The SMILES string of the molecule is O=C(c1ccncc1)N1CCCN(C(=O)c2cnccn2)CC1. The highest BCUT2D eigenvalue weighted by atomic mass is 16.2. The van der Waals surface area contributed by atoms with Gasteiger partial charge in [0.25, 0.3) is 11.8 Å². The van der Waals surface area contributed by atoms with Crippen LogP contribution in [0.1, 0.15) is 27.3 Å². The van der Waals surface area contributed by atoms with Gasteiger partial charge in [-0.2, -0.15) is 0 Å². The highest BCUT2D eigenvalue weighted by Crippen LogP contribution is 2.10. The van der Waals surface area contributed by atoms with Crippen LogP contribution >= 0.6 is 0 Å². The second-order valence-electron chi connectivity index (χ2n) is 5.26. The van der Waals surface area contributed by atoms with Gasteiger partial charge >= 0.3 is 0 Å². The second-order valence-corrected chi connectivity index (χ2v) is 5.26. The standard InChI is InChI=1S/C16H17N5O2/c22-15(13-2-4-17-5-3-13)20-8-1-9-21(11-10-20)16(23)14-12-18-6-7-19-14/h2-7,12H,1,8-11H2. The molecule has 0 unspecified atom stereocenters. The quantitative estimate of drug-likeness (QED) is 0.822. The monoisotopic (exact) mass is 311 g/mol. The fourth-order valence-corrected chi connectivity index (χ4v) is 2.57. The Bertz CT molecular complexity index is 618. The van der Waals surface area contributed by atoms with Gasteiger partial charge in [-0.25, -0.2) is 4.98 Å². The van der Waals surface area contributed by atoms with Crippen molar-refractivity contribution in [2.75, 3.05) is 26.2 Å². The molecule has 7 heteroatoms. The van der Waals surface area contributed by atoms with Crippen LogP contribution in [0.25, 0.3) is 0 Å². The van der Waals surface area contributed by atoms with E-state index in [9.17, 15) is 9.59 Å². The average molecular weight is 311 g/mol.